The van der Waals surface area contributed by atoms with Crippen molar-refractivity contribution in [3.8, 4) is 10.4 Å². The maximum Gasteiger partial charge on any atom is 0.252 e. The van der Waals surface area contributed by atoms with E-state index in [1.54, 1.807) is 17.5 Å². The highest BCUT2D eigenvalue weighted by Crippen LogP contribution is 2.30. The van der Waals surface area contributed by atoms with Gasteiger partial charge < -0.3 is 11.1 Å². The molecule has 0 spiro atoms. The molecule has 0 saturated heterocycles. The standard InChI is InChI=1S/C24H23N3OS/c1-15-11-18-7-4-10-26-22(18)13-21(15)24(28)27-16(2)17-5-3-6-19(12-17)23-9-8-20(14-25)29-23/h3-13,16H,14,25H2,1-2H3,(H,27,28). The Bertz CT molecular complexity index is 1180. The van der Waals surface area contributed by atoms with Gasteiger partial charge in [-0.2, -0.15) is 0 Å². The van der Waals surface area contributed by atoms with Gasteiger partial charge in [-0.25, -0.2) is 0 Å². The van der Waals surface area contributed by atoms with Crippen molar-refractivity contribution in [3.05, 3.63) is 88.4 Å². The second-order valence-electron chi connectivity index (χ2n) is 7.15. The molecular weight excluding hydrogens is 378 g/mol. The van der Waals surface area contributed by atoms with Crippen LogP contribution in [0.15, 0.2) is 66.9 Å². The van der Waals surface area contributed by atoms with Crippen molar-refractivity contribution in [2.75, 3.05) is 0 Å². The van der Waals surface area contributed by atoms with E-state index in [4.69, 9.17) is 5.73 Å². The van der Waals surface area contributed by atoms with Gasteiger partial charge in [-0.1, -0.05) is 24.3 Å². The number of rotatable bonds is 5. The zero-order valence-electron chi connectivity index (χ0n) is 16.5. The van der Waals surface area contributed by atoms with E-state index in [-0.39, 0.29) is 11.9 Å². The Hall–Kier alpha value is -3.02. The predicted molar refractivity (Wildman–Crippen MR) is 120 cm³/mol. The molecule has 4 aromatic rings. The number of carbonyl (C=O) groups excluding carboxylic acids is 1. The summed E-state index contributed by atoms with van der Waals surface area (Å²) in [4.78, 5) is 19.7. The Morgan fingerprint density at radius 3 is 2.79 bits per heavy atom. The Kier molecular flexibility index (Phi) is 5.43. The van der Waals surface area contributed by atoms with Crippen molar-refractivity contribution in [3.63, 3.8) is 0 Å². The number of fused-ring (bicyclic) bond motifs is 1. The predicted octanol–water partition coefficient (Wildman–Crippen LogP) is 5.22. The number of benzene rings is 2. The molecule has 1 atom stereocenters. The minimum absolute atomic E-state index is 0.0884. The van der Waals surface area contributed by atoms with E-state index in [9.17, 15) is 4.79 Å². The van der Waals surface area contributed by atoms with Crippen molar-refractivity contribution in [1.82, 2.24) is 10.3 Å². The number of amides is 1. The first kappa shape index (κ1) is 19.3. The van der Waals surface area contributed by atoms with E-state index in [2.05, 4.69) is 34.6 Å². The third-order valence-corrected chi connectivity index (χ3v) is 6.23. The quantitative estimate of drug-likeness (QED) is 0.482. The molecule has 5 heteroatoms. The number of pyridine rings is 1. The third kappa shape index (κ3) is 4.06. The van der Waals surface area contributed by atoms with Crippen molar-refractivity contribution in [2.45, 2.75) is 26.4 Å². The van der Waals surface area contributed by atoms with Crippen molar-refractivity contribution in [2.24, 2.45) is 5.73 Å². The molecule has 1 amide bonds. The Labute approximate surface area is 174 Å². The highest BCUT2D eigenvalue weighted by molar-refractivity contribution is 7.15. The van der Waals surface area contributed by atoms with Gasteiger partial charge in [0.2, 0.25) is 0 Å². The lowest BCUT2D eigenvalue weighted by Gasteiger charge is -2.16. The third-order valence-electron chi connectivity index (χ3n) is 5.08. The van der Waals surface area contributed by atoms with E-state index in [0.29, 0.717) is 12.1 Å². The van der Waals surface area contributed by atoms with Gasteiger partial charge >= 0.3 is 0 Å². The second-order valence-corrected chi connectivity index (χ2v) is 8.32. The molecule has 29 heavy (non-hydrogen) atoms. The highest BCUT2D eigenvalue weighted by Gasteiger charge is 2.15. The monoisotopic (exact) mass is 401 g/mol. The Morgan fingerprint density at radius 1 is 1.14 bits per heavy atom. The second kappa shape index (κ2) is 8.15. The Balaban J connectivity index is 1.56. The summed E-state index contributed by atoms with van der Waals surface area (Å²) in [6.45, 7) is 4.51. The SMILES string of the molecule is Cc1cc2cccnc2cc1C(=O)NC(C)c1cccc(-c2ccc(CN)s2)c1. The van der Waals surface area contributed by atoms with Crippen LogP contribution in [0, 0.1) is 6.92 Å². The molecule has 3 N–H and O–H groups in total. The summed E-state index contributed by atoms with van der Waals surface area (Å²) < 4.78 is 0. The number of thiophene rings is 1. The van der Waals surface area contributed by atoms with Crippen LogP contribution in [0.2, 0.25) is 0 Å². The number of nitrogens with two attached hydrogens (primary N) is 1. The van der Waals surface area contributed by atoms with Gasteiger partial charge in [0.1, 0.15) is 0 Å². The van der Waals surface area contributed by atoms with Gasteiger partial charge in [-0.15, -0.1) is 11.3 Å². The zero-order valence-corrected chi connectivity index (χ0v) is 17.3. The first-order valence-corrected chi connectivity index (χ1v) is 10.4. The lowest BCUT2D eigenvalue weighted by Crippen LogP contribution is -2.27. The van der Waals surface area contributed by atoms with Crippen LogP contribution in [0.5, 0.6) is 0 Å². The highest BCUT2D eigenvalue weighted by atomic mass is 32.1. The fourth-order valence-electron chi connectivity index (χ4n) is 3.44. The summed E-state index contributed by atoms with van der Waals surface area (Å²) in [5.41, 5.74) is 10.4. The number of nitrogens with one attached hydrogen (secondary N) is 1. The Morgan fingerprint density at radius 2 is 2.00 bits per heavy atom. The van der Waals surface area contributed by atoms with Crippen LogP contribution in [0.25, 0.3) is 21.3 Å². The van der Waals surface area contributed by atoms with E-state index in [1.165, 1.54) is 4.88 Å². The molecule has 0 aliphatic carbocycles. The van der Waals surface area contributed by atoms with Gasteiger partial charge in [0.15, 0.2) is 0 Å². The van der Waals surface area contributed by atoms with Gasteiger partial charge in [0.25, 0.3) is 5.91 Å². The van der Waals surface area contributed by atoms with Crippen molar-refractivity contribution in [1.29, 1.82) is 0 Å². The minimum Gasteiger partial charge on any atom is -0.346 e. The summed E-state index contributed by atoms with van der Waals surface area (Å²) in [7, 11) is 0. The van der Waals surface area contributed by atoms with Crippen molar-refractivity contribution < 1.29 is 4.79 Å². The summed E-state index contributed by atoms with van der Waals surface area (Å²) in [5, 5.41) is 4.17. The van der Waals surface area contributed by atoms with E-state index in [0.717, 1.165) is 32.5 Å². The van der Waals surface area contributed by atoms with Gasteiger partial charge in [-0.3, -0.25) is 9.78 Å². The number of aromatic nitrogens is 1. The minimum atomic E-state index is -0.116. The van der Waals surface area contributed by atoms with E-state index in [1.807, 2.05) is 50.2 Å². The molecule has 2 heterocycles. The molecule has 0 saturated carbocycles. The van der Waals surface area contributed by atoms with Gasteiger partial charge in [0.05, 0.1) is 11.6 Å². The number of hydrogen-bond donors (Lipinski definition) is 2. The molecule has 2 aromatic heterocycles. The average Bonchev–Trinajstić information content (AvgIpc) is 3.22. The number of hydrogen-bond acceptors (Lipinski definition) is 4. The number of nitrogens with zero attached hydrogens (tertiary/aromatic N) is 1. The molecule has 0 aliphatic heterocycles. The van der Waals surface area contributed by atoms with Gasteiger partial charge in [-0.05, 0) is 66.9 Å². The average molecular weight is 402 g/mol. The number of carbonyl (C=O) groups is 1. The van der Waals surface area contributed by atoms with Gasteiger partial charge in [0, 0.05) is 33.4 Å². The van der Waals surface area contributed by atoms with Crippen LogP contribution < -0.4 is 11.1 Å². The van der Waals surface area contributed by atoms with Crippen LogP contribution in [-0.2, 0) is 6.54 Å². The number of aryl methyl sites for hydroxylation is 1. The molecule has 1 unspecified atom stereocenters. The molecule has 2 aromatic carbocycles. The normalized spacial score (nSPS) is 12.1. The molecule has 0 fully saturated rings. The van der Waals surface area contributed by atoms with Crippen LogP contribution in [0.4, 0.5) is 0 Å². The maximum absolute atomic E-state index is 12.9. The molecule has 146 valence electrons. The van der Waals surface area contributed by atoms with Crippen LogP contribution in [0.1, 0.15) is 39.3 Å². The molecule has 4 rings (SSSR count). The summed E-state index contributed by atoms with van der Waals surface area (Å²) >= 11 is 1.70. The lowest BCUT2D eigenvalue weighted by atomic mass is 10.0. The van der Waals surface area contributed by atoms with Crippen LogP contribution >= 0.6 is 11.3 Å². The molecule has 0 aliphatic rings. The molecule has 0 radical (unpaired) electrons. The largest absolute Gasteiger partial charge is 0.346 e. The fourth-order valence-corrected chi connectivity index (χ4v) is 4.32. The fraction of sp³-hybridized carbons (Fsp3) is 0.167. The zero-order chi connectivity index (χ0) is 20.4. The van der Waals surface area contributed by atoms with Crippen molar-refractivity contribution >= 4 is 28.1 Å². The first-order chi connectivity index (χ1) is 14.0. The first-order valence-electron chi connectivity index (χ1n) is 9.60. The topological polar surface area (TPSA) is 68.0 Å². The van der Waals surface area contributed by atoms with Crippen LogP contribution in [-0.4, -0.2) is 10.9 Å². The summed E-state index contributed by atoms with van der Waals surface area (Å²) in [6, 6.07) is 20.1. The maximum atomic E-state index is 12.9. The molecule has 0 bridgehead atoms. The summed E-state index contributed by atoms with van der Waals surface area (Å²) in [6.07, 6.45) is 1.74. The molecule has 4 nitrogen and oxygen atoms in total. The lowest BCUT2D eigenvalue weighted by molar-refractivity contribution is 0.0939. The van der Waals surface area contributed by atoms with E-state index >= 15 is 0 Å². The molecular formula is C24H23N3OS. The summed E-state index contributed by atoms with van der Waals surface area (Å²) in [5.74, 6) is -0.0884. The van der Waals surface area contributed by atoms with Crippen LogP contribution in [0.3, 0.4) is 0 Å². The smallest absolute Gasteiger partial charge is 0.252 e. The van der Waals surface area contributed by atoms with E-state index < -0.39 is 0 Å².